The summed E-state index contributed by atoms with van der Waals surface area (Å²) in [5.74, 6) is -2.32. The fourth-order valence-electron chi connectivity index (χ4n) is 2.47. The fraction of sp³-hybridized carbons (Fsp3) is 0.273. The summed E-state index contributed by atoms with van der Waals surface area (Å²) < 4.78 is 22.6. The maximum absolute atomic E-state index is 12.8. The van der Waals surface area contributed by atoms with Gasteiger partial charge in [0.05, 0.1) is 12.2 Å². The third-order valence-electron chi connectivity index (χ3n) is 3.96. The van der Waals surface area contributed by atoms with Gasteiger partial charge in [-0.15, -0.1) is 0 Å². The third-order valence-corrected chi connectivity index (χ3v) is 3.96. The molecular weight excluding hydrogens is 407 g/mol. The van der Waals surface area contributed by atoms with Gasteiger partial charge in [0, 0.05) is 24.2 Å². The van der Waals surface area contributed by atoms with Crippen LogP contribution >= 0.6 is 0 Å². The number of nitrogens with one attached hydrogen (secondary N) is 2. The Morgan fingerprint density at radius 1 is 0.806 bits per heavy atom. The number of hydrogen-bond donors (Lipinski definition) is 2. The molecule has 2 aromatic rings. The normalized spacial score (nSPS) is 10.1. The second-order valence-corrected chi connectivity index (χ2v) is 6.42. The number of esters is 2. The Hall–Kier alpha value is -3.75. The van der Waals surface area contributed by atoms with Gasteiger partial charge >= 0.3 is 11.9 Å². The molecule has 2 N–H and O–H groups in total. The van der Waals surface area contributed by atoms with E-state index in [-0.39, 0.29) is 31.8 Å². The van der Waals surface area contributed by atoms with E-state index < -0.39 is 30.3 Å². The van der Waals surface area contributed by atoms with Crippen LogP contribution in [0, 0.1) is 5.82 Å². The molecule has 8 nitrogen and oxygen atoms in total. The number of ether oxygens (including phenoxy) is 2. The van der Waals surface area contributed by atoms with Gasteiger partial charge < -0.3 is 20.1 Å². The van der Waals surface area contributed by atoms with Crippen molar-refractivity contribution in [1.29, 1.82) is 0 Å². The van der Waals surface area contributed by atoms with Crippen molar-refractivity contribution in [2.24, 2.45) is 0 Å². The van der Waals surface area contributed by atoms with Crippen molar-refractivity contribution in [3.05, 3.63) is 59.9 Å². The van der Waals surface area contributed by atoms with Gasteiger partial charge in [0.2, 0.25) is 5.91 Å². The SMILES string of the molecule is CCOC(=O)c1ccc(NC(=O)COC(=O)CCCC(=O)Nc2ccc(F)cc2)cc1. The minimum Gasteiger partial charge on any atom is -0.462 e. The first-order valence-corrected chi connectivity index (χ1v) is 9.65. The van der Waals surface area contributed by atoms with E-state index in [0.717, 1.165) is 0 Å². The van der Waals surface area contributed by atoms with Crippen molar-refractivity contribution in [3.63, 3.8) is 0 Å². The van der Waals surface area contributed by atoms with Crippen molar-refractivity contribution in [2.45, 2.75) is 26.2 Å². The highest BCUT2D eigenvalue weighted by Crippen LogP contribution is 2.11. The van der Waals surface area contributed by atoms with Crippen molar-refractivity contribution in [3.8, 4) is 0 Å². The van der Waals surface area contributed by atoms with Crippen LogP contribution in [0.25, 0.3) is 0 Å². The van der Waals surface area contributed by atoms with E-state index >= 15 is 0 Å². The Morgan fingerprint density at radius 3 is 2.00 bits per heavy atom. The van der Waals surface area contributed by atoms with E-state index in [1.165, 1.54) is 48.5 Å². The van der Waals surface area contributed by atoms with E-state index in [9.17, 15) is 23.6 Å². The Bertz CT molecular complexity index is 913. The van der Waals surface area contributed by atoms with Crippen molar-refractivity contribution >= 4 is 35.1 Å². The monoisotopic (exact) mass is 430 g/mol. The average molecular weight is 430 g/mol. The van der Waals surface area contributed by atoms with E-state index in [1.54, 1.807) is 6.92 Å². The van der Waals surface area contributed by atoms with Crippen LogP contribution in [0.1, 0.15) is 36.5 Å². The number of amides is 2. The van der Waals surface area contributed by atoms with E-state index in [2.05, 4.69) is 10.6 Å². The zero-order valence-corrected chi connectivity index (χ0v) is 17.0. The van der Waals surface area contributed by atoms with Crippen LogP contribution < -0.4 is 10.6 Å². The Balaban J connectivity index is 1.64. The quantitative estimate of drug-likeness (QED) is 0.560. The number of anilines is 2. The number of halogens is 1. The lowest BCUT2D eigenvalue weighted by Crippen LogP contribution is -2.21. The molecular formula is C22H23FN2O6. The molecule has 0 atom stereocenters. The van der Waals surface area contributed by atoms with Crippen molar-refractivity contribution in [1.82, 2.24) is 0 Å². The second kappa shape index (κ2) is 12.1. The molecule has 0 unspecified atom stereocenters. The molecule has 0 aliphatic heterocycles. The third kappa shape index (κ3) is 8.65. The van der Waals surface area contributed by atoms with Gasteiger partial charge in [0.1, 0.15) is 5.82 Å². The minimum atomic E-state index is -0.609. The zero-order chi connectivity index (χ0) is 22.6. The molecule has 31 heavy (non-hydrogen) atoms. The fourth-order valence-corrected chi connectivity index (χ4v) is 2.47. The Morgan fingerprint density at radius 2 is 1.39 bits per heavy atom. The molecule has 0 radical (unpaired) electrons. The second-order valence-electron chi connectivity index (χ2n) is 6.42. The highest BCUT2D eigenvalue weighted by atomic mass is 19.1. The first-order chi connectivity index (χ1) is 14.9. The molecule has 2 rings (SSSR count). The summed E-state index contributed by atoms with van der Waals surface area (Å²) in [5.41, 5.74) is 1.25. The molecule has 164 valence electrons. The van der Waals surface area contributed by atoms with E-state index in [0.29, 0.717) is 16.9 Å². The molecule has 0 saturated carbocycles. The summed E-state index contributed by atoms with van der Waals surface area (Å²) in [4.78, 5) is 47.0. The summed E-state index contributed by atoms with van der Waals surface area (Å²) in [5, 5.41) is 5.13. The summed E-state index contributed by atoms with van der Waals surface area (Å²) in [6.07, 6.45) is 0.284. The maximum atomic E-state index is 12.8. The van der Waals surface area contributed by atoms with Crippen LogP contribution in [0.15, 0.2) is 48.5 Å². The van der Waals surface area contributed by atoms with Crippen molar-refractivity contribution < 1.29 is 33.0 Å². The first kappa shape index (κ1) is 23.5. The molecule has 0 saturated heterocycles. The highest BCUT2D eigenvalue weighted by Gasteiger charge is 2.11. The molecule has 0 bridgehead atoms. The molecule has 0 fully saturated rings. The smallest absolute Gasteiger partial charge is 0.338 e. The lowest BCUT2D eigenvalue weighted by atomic mass is 10.2. The number of rotatable bonds is 10. The summed E-state index contributed by atoms with van der Waals surface area (Å²) >= 11 is 0. The predicted molar refractivity (Wildman–Crippen MR) is 111 cm³/mol. The number of carbonyl (C=O) groups is 4. The zero-order valence-electron chi connectivity index (χ0n) is 17.0. The van der Waals surface area contributed by atoms with Crippen LogP contribution in [0.2, 0.25) is 0 Å². The molecule has 0 aromatic heterocycles. The topological polar surface area (TPSA) is 111 Å². The van der Waals surface area contributed by atoms with E-state index in [1.807, 2.05) is 0 Å². The van der Waals surface area contributed by atoms with Gasteiger partial charge in [-0.25, -0.2) is 9.18 Å². The summed E-state index contributed by atoms with van der Waals surface area (Å²) in [6, 6.07) is 11.4. The van der Waals surface area contributed by atoms with Crippen LogP contribution in [0.3, 0.4) is 0 Å². The van der Waals surface area contributed by atoms with Crippen LogP contribution in [0.4, 0.5) is 15.8 Å². The Kier molecular flexibility index (Phi) is 9.15. The van der Waals surface area contributed by atoms with Crippen molar-refractivity contribution in [2.75, 3.05) is 23.8 Å². The summed E-state index contributed by atoms with van der Waals surface area (Å²) in [7, 11) is 0. The molecule has 2 amide bonds. The summed E-state index contributed by atoms with van der Waals surface area (Å²) in [6.45, 7) is 1.50. The average Bonchev–Trinajstić information content (AvgIpc) is 2.74. The molecule has 2 aromatic carbocycles. The predicted octanol–water partition coefficient (Wildman–Crippen LogP) is 3.29. The van der Waals surface area contributed by atoms with Gasteiger partial charge in [-0.1, -0.05) is 0 Å². The minimum absolute atomic E-state index is 0.0294. The first-order valence-electron chi connectivity index (χ1n) is 9.65. The van der Waals surface area contributed by atoms with Gasteiger partial charge in [0.25, 0.3) is 5.91 Å². The highest BCUT2D eigenvalue weighted by molar-refractivity contribution is 5.94. The van der Waals surface area contributed by atoms with Gasteiger partial charge in [0.15, 0.2) is 6.61 Å². The van der Waals surface area contributed by atoms with E-state index in [4.69, 9.17) is 9.47 Å². The lowest BCUT2D eigenvalue weighted by Gasteiger charge is -2.08. The Labute approximate surface area is 178 Å². The molecule has 9 heteroatoms. The van der Waals surface area contributed by atoms with Crippen LogP contribution in [0.5, 0.6) is 0 Å². The number of carbonyl (C=O) groups excluding carboxylic acids is 4. The standard InChI is InChI=1S/C22H23FN2O6/c1-2-30-22(29)15-6-10-17(11-7-15)25-20(27)14-31-21(28)5-3-4-19(26)24-18-12-8-16(23)9-13-18/h6-13H,2-5,14H2,1H3,(H,24,26)(H,25,27). The molecule has 0 heterocycles. The van der Waals surface area contributed by atoms with Gasteiger partial charge in [-0.05, 0) is 61.9 Å². The maximum Gasteiger partial charge on any atom is 0.338 e. The van der Waals surface area contributed by atoms with Gasteiger partial charge in [-0.2, -0.15) is 0 Å². The lowest BCUT2D eigenvalue weighted by molar-refractivity contribution is -0.147. The molecule has 0 aliphatic rings. The number of hydrogen-bond acceptors (Lipinski definition) is 6. The molecule has 0 aliphatic carbocycles. The van der Waals surface area contributed by atoms with Crippen LogP contribution in [-0.4, -0.2) is 37.0 Å². The molecule has 0 spiro atoms. The van der Waals surface area contributed by atoms with Gasteiger partial charge in [-0.3, -0.25) is 14.4 Å². The largest absolute Gasteiger partial charge is 0.462 e. The number of benzene rings is 2. The van der Waals surface area contributed by atoms with Crippen LogP contribution in [-0.2, 0) is 23.9 Å².